The minimum atomic E-state index is -0.198. The van der Waals surface area contributed by atoms with E-state index in [0.717, 1.165) is 19.6 Å². The van der Waals surface area contributed by atoms with Gasteiger partial charge in [-0.1, -0.05) is 6.07 Å². The lowest BCUT2D eigenvalue weighted by molar-refractivity contribution is 0.0930. The summed E-state index contributed by atoms with van der Waals surface area (Å²) in [6.07, 6.45) is 0. The number of halogens is 1. The third kappa shape index (κ3) is 2.76. The number of anilines is 1. The van der Waals surface area contributed by atoms with Gasteiger partial charge in [0.15, 0.2) is 0 Å². The van der Waals surface area contributed by atoms with Crippen LogP contribution in [-0.4, -0.2) is 42.5 Å². The molecule has 1 fully saturated rings. The fourth-order valence-electron chi connectivity index (χ4n) is 2.36. The van der Waals surface area contributed by atoms with Gasteiger partial charge in [-0.15, -0.1) is 0 Å². The number of nitrogens with zero attached hydrogens (tertiary/aromatic N) is 2. The molecule has 1 aliphatic heterocycles. The first kappa shape index (κ1) is 12.3. The maximum absolute atomic E-state index is 13.7. The van der Waals surface area contributed by atoms with Gasteiger partial charge in [-0.2, -0.15) is 0 Å². The molecule has 17 heavy (non-hydrogen) atoms. The Morgan fingerprint density at radius 2 is 2.18 bits per heavy atom. The van der Waals surface area contributed by atoms with Crippen molar-refractivity contribution in [2.24, 2.45) is 0 Å². The van der Waals surface area contributed by atoms with Crippen LogP contribution in [-0.2, 0) is 6.54 Å². The molecule has 1 atom stereocenters. The normalized spacial score (nSPS) is 22.9. The molecule has 0 bridgehead atoms. The van der Waals surface area contributed by atoms with Crippen molar-refractivity contribution in [2.75, 3.05) is 32.4 Å². The van der Waals surface area contributed by atoms with Gasteiger partial charge in [0, 0.05) is 43.5 Å². The highest BCUT2D eigenvalue weighted by molar-refractivity contribution is 5.47. The molecule has 0 aromatic heterocycles. The standard InChI is InChI=1S/C13H20FN3/c1-10-8-16(2)6-7-17(10)9-11-12(14)4-3-5-13(11)15/h3-5,10H,6-9,15H2,1-2H3. The van der Waals surface area contributed by atoms with Crippen molar-refractivity contribution in [1.29, 1.82) is 0 Å². The molecular formula is C13H20FN3. The molecule has 2 N–H and O–H groups in total. The Labute approximate surface area is 102 Å². The first-order valence-corrected chi connectivity index (χ1v) is 6.03. The van der Waals surface area contributed by atoms with Gasteiger partial charge in [0.05, 0.1) is 0 Å². The van der Waals surface area contributed by atoms with Crippen LogP contribution in [0.2, 0.25) is 0 Å². The second-order valence-electron chi connectivity index (χ2n) is 4.89. The van der Waals surface area contributed by atoms with Crippen LogP contribution >= 0.6 is 0 Å². The summed E-state index contributed by atoms with van der Waals surface area (Å²) in [5.74, 6) is -0.198. The summed E-state index contributed by atoms with van der Waals surface area (Å²) in [5.41, 5.74) is 7.01. The predicted molar refractivity (Wildman–Crippen MR) is 68.2 cm³/mol. The molecule has 1 saturated heterocycles. The SMILES string of the molecule is CC1CN(C)CCN1Cc1c(N)cccc1F. The third-order valence-corrected chi connectivity index (χ3v) is 3.48. The van der Waals surface area contributed by atoms with Gasteiger partial charge in [-0.3, -0.25) is 4.90 Å². The summed E-state index contributed by atoms with van der Waals surface area (Å²) in [4.78, 5) is 4.58. The van der Waals surface area contributed by atoms with Crippen molar-refractivity contribution in [3.8, 4) is 0 Å². The van der Waals surface area contributed by atoms with E-state index < -0.39 is 0 Å². The number of benzene rings is 1. The van der Waals surface area contributed by atoms with Crippen LogP contribution in [0.25, 0.3) is 0 Å². The van der Waals surface area contributed by atoms with Gasteiger partial charge in [0.25, 0.3) is 0 Å². The number of likely N-dealkylation sites (N-methyl/N-ethyl adjacent to an activating group) is 1. The fraction of sp³-hybridized carbons (Fsp3) is 0.538. The van der Waals surface area contributed by atoms with Crippen LogP contribution in [0, 0.1) is 5.82 Å². The molecule has 3 nitrogen and oxygen atoms in total. The van der Waals surface area contributed by atoms with Gasteiger partial charge in [-0.05, 0) is 26.1 Å². The summed E-state index contributed by atoms with van der Waals surface area (Å²) >= 11 is 0. The number of nitrogens with two attached hydrogens (primary N) is 1. The molecule has 2 rings (SSSR count). The molecule has 1 aromatic rings. The summed E-state index contributed by atoms with van der Waals surface area (Å²) in [6, 6.07) is 5.33. The fourth-order valence-corrected chi connectivity index (χ4v) is 2.36. The zero-order valence-corrected chi connectivity index (χ0v) is 10.5. The number of hydrogen-bond acceptors (Lipinski definition) is 3. The molecule has 4 heteroatoms. The van der Waals surface area contributed by atoms with E-state index in [1.54, 1.807) is 12.1 Å². The van der Waals surface area contributed by atoms with Crippen LogP contribution < -0.4 is 5.73 Å². The number of rotatable bonds is 2. The summed E-state index contributed by atoms with van der Waals surface area (Å²) in [6.45, 7) is 5.79. The highest BCUT2D eigenvalue weighted by Gasteiger charge is 2.22. The van der Waals surface area contributed by atoms with Gasteiger partial charge in [0.1, 0.15) is 5.82 Å². The number of piperazine rings is 1. The first-order chi connectivity index (χ1) is 8.08. The van der Waals surface area contributed by atoms with Crippen molar-refractivity contribution < 1.29 is 4.39 Å². The molecule has 1 heterocycles. The summed E-state index contributed by atoms with van der Waals surface area (Å²) in [7, 11) is 2.12. The largest absolute Gasteiger partial charge is 0.398 e. The van der Waals surface area contributed by atoms with Gasteiger partial charge in [-0.25, -0.2) is 4.39 Å². The maximum atomic E-state index is 13.7. The average molecular weight is 237 g/mol. The van der Waals surface area contributed by atoms with E-state index in [1.165, 1.54) is 6.07 Å². The smallest absolute Gasteiger partial charge is 0.129 e. The zero-order valence-electron chi connectivity index (χ0n) is 10.5. The highest BCUT2D eigenvalue weighted by atomic mass is 19.1. The van der Waals surface area contributed by atoms with Crippen LogP contribution in [0.1, 0.15) is 12.5 Å². The van der Waals surface area contributed by atoms with Crippen molar-refractivity contribution in [1.82, 2.24) is 9.80 Å². The van der Waals surface area contributed by atoms with E-state index in [4.69, 9.17) is 5.73 Å². The molecule has 0 radical (unpaired) electrons. The number of hydrogen-bond donors (Lipinski definition) is 1. The van der Waals surface area contributed by atoms with Gasteiger partial charge in [0.2, 0.25) is 0 Å². The zero-order chi connectivity index (χ0) is 12.4. The minimum absolute atomic E-state index is 0.198. The van der Waals surface area contributed by atoms with E-state index in [1.807, 2.05) is 0 Å². The van der Waals surface area contributed by atoms with Crippen molar-refractivity contribution >= 4 is 5.69 Å². The second-order valence-corrected chi connectivity index (χ2v) is 4.89. The quantitative estimate of drug-likeness (QED) is 0.792. The van der Waals surface area contributed by atoms with E-state index in [9.17, 15) is 4.39 Å². The van der Waals surface area contributed by atoms with Crippen molar-refractivity contribution in [2.45, 2.75) is 19.5 Å². The monoisotopic (exact) mass is 237 g/mol. The van der Waals surface area contributed by atoms with Gasteiger partial charge >= 0.3 is 0 Å². The minimum Gasteiger partial charge on any atom is -0.398 e. The third-order valence-electron chi connectivity index (χ3n) is 3.48. The van der Waals surface area contributed by atoms with E-state index >= 15 is 0 Å². The molecule has 0 aliphatic carbocycles. The second kappa shape index (κ2) is 5.02. The maximum Gasteiger partial charge on any atom is 0.129 e. The Hall–Kier alpha value is -1.13. The summed E-state index contributed by atoms with van der Waals surface area (Å²) < 4.78 is 13.7. The molecule has 94 valence electrons. The van der Waals surface area contributed by atoms with Crippen molar-refractivity contribution in [3.63, 3.8) is 0 Å². The molecule has 1 aliphatic rings. The van der Waals surface area contributed by atoms with E-state index in [2.05, 4.69) is 23.8 Å². The highest BCUT2D eigenvalue weighted by Crippen LogP contribution is 2.20. The molecule has 1 unspecified atom stereocenters. The van der Waals surface area contributed by atoms with Crippen LogP contribution in [0.15, 0.2) is 18.2 Å². The molecule has 1 aromatic carbocycles. The number of nitrogen functional groups attached to an aromatic ring is 1. The van der Waals surface area contributed by atoms with Crippen LogP contribution in [0.5, 0.6) is 0 Å². The van der Waals surface area contributed by atoms with Gasteiger partial charge < -0.3 is 10.6 Å². The lowest BCUT2D eigenvalue weighted by atomic mass is 10.1. The Morgan fingerprint density at radius 1 is 1.41 bits per heavy atom. The van der Waals surface area contributed by atoms with Crippen molar-refractivity contribution in [3.05, 3.63) is 29.6 Å². The van der Waals surface area contributed by atoms with E-state index in [0.29, 0.717) is 23.8 Å². The van der Waals surface area contributed by atoms with Crippen LogP contribution in [0.3, 0.4) is 0 Å². The predicted octanol–water partition coefficient (Wildman–Crippen LogP) is 1.54. The Balaban J connectivity index is 2.10. The van der Waals surface area contributed by atoms with Crippen LogP contribution in [0.4, 0.5) is 10.1 Å². The topological polar surface area (TPSA) is 32.5 Å². The van der Waals surface area contributed by atoms with E-state index in [-0.39, 0.29) is 5.82 Å². The molecule has 0 spiro atoms. The Morgan fingerprint density at radius 3 is 2.82 bits per heavy atom. The Kier molecular flexibility index (Phi) is 3.64. The first-order valence-electron chi connectivity index (χ1n) is 6.03. The molecule has 0 amide bonds. The average Bonchev–Trinajstić information content (AvgIpc) is 2.26. The summed E-state index contributed by atoms with van der Waals surface area (Å²) in [5, 5.41) is 0. The lowest BCUT2D eigenvalue weighted by Gasteiger charge is -2.38. The molecule has 0 saturated carbocycles. The molecular weight excluding hydrogens is 217 g/mol. The Bertz CT molecular complexity index is 374. The lowest BCUT2D eigenvalue weighted by Crippen LogP contribution is -2.49.